The van der Waals surface area contributed by atoms with Crippen LogP contribution in [0.25, 0.3) is 59.8 Å². The molecule has 0 unspecified atom stereocenters. The highest BCUT2D eigenvalue weighted by Gasteiger charge is 2.30. The van der Waals surface area contributed by atoms with Gasteiger partial charge in [-0.1, -0.05) is 111 Å². The Kier molecular flexibility index (Phi) is 6.23. The molecule has 0 radical (unpaired) electrons. The lowest BCUT2D eigenvalue weighted by Gasteiger charge is -2.25. The van der Waals surface area contributed by atoms with E-state index in [2.05, 4.69) is 146 Å². The summed E-state index contributed by atoms with van der Waals surface area (Å²) in [5.41, 5.74) is 11.7. The zero-order valence-corrected chi connectivity index (χ0v) is 28.8. The van der Waals surface area contributed by atoms with Crippen LogP contribution in [0.4, 0.5) is 0 Å². The molecule has 0 amide bonds. The van der Waals surface area contributed by atoms with Crippen LogP contribution in [0.1, 0.15) is 84.6 Å². The van der Waals surface area contributed by atoms with Gasteiger partial charge >= 0.3 is 0 Å². The number of benzene rings is 4. The third-order valence-corrected chi connectivity index (χ3v) is 9.46. The molecule has 0 aliphatic heterocycles. The minimum absolute atomic E-state index is 0.132. The Balaban J connectivity index is 1.80. The third kappa shape index (κ3) is 4.56. The van der Waals surface area contributed by atoms with E-state index in [0.717, 1.165) is 19.3 Å². The van der Waals surface area contributed by atoms with Crippen LogP contribution < -0.4 is 4.57 Å². The maximum Gasteiger partial charge on any atom is 0.224 e. The molecule has 44 heavy (non-hydrogen) atoms. The van der Waals surface area contributed by atoms with Crippen LogP contribution in [-0.2, 0) is 26.3 Å². The first-order valence-electron chi connectivity index (χ1n) is 16.5. The van der Waals surface area contributed by atoms with Gasteiger partial charge in [-0.3, -0.25) is 0 Å². The molecule has 0 saturated heterocycles. The Morgan fingerprint density at radius 1 is 0.614 bits per heavy atom. The lowest BCUT2D eigenvalue weighted by atomic mass is 9.81. The summed E-state index contributed by atoms with van der Waals surface area (Å²) in [6.45, 7) is 23.6. The fourth-order valence-electron chi connectivity index (χ4n) is 8.08. The number of para-hydroxylation sites is 1. The molecular weight excluding hydrogens is 532 g/mol. The van der Waals surface area contributed by atoms with Crippen LogP contribution in [0, 0.1) is 23.2 Å². The summed E-state index contributed by atoms with van der Waals surface area (Å²) >= 11 is 0. The van der Waals surface area contributed by atoms with Crippen molar-refractivity contribution in [3.05, 3.63) is 83.0 Å². The molecule has 0 saturated carbocycles. The Bertz CT molecular complexity index is 2260. The molecule has 7 aromatic rings. The number of pyridine rings is 2. The van der Waals surface area contributed by atoms with Gasteiger partial charge in [-0.15, -0.1) is 0 Å². The van der Waals surface area contributed by atoms with Gasteiger partial charge < -0.3 is 4.40 Å². The Morgan fingerprint density at radius 2 is 1.25 bits per heavy atom. The molecule has 0 fully saturated rings. The van der Waals surface area contributed by atoms with Crippen molar-refractivity contribution in [3.63, 3.8) is 0 Å². The normalized spacial score (nSPS) is 13.6. The lowest BCUT2D eigenvalue weighted by Crippen LogP contribution is -2.31. The zero-order valence-electron chi connectivity index (χ0n) is 28.8. The van der Waals surface area contributed by atoms with Crippen molar-refractivity contribution in [3.8, 4) is 0 Å². The molecule has 0 bridgehead atoms. The van der Waals surface area contributed by atoms with Crippen LogP contribution in [-0.4, -0.2) is 4.40 Å². The first kappa shape index (κ1) is 29.1. The number of aromatic nitrogens is 2. The minimum Gasteiger partial charge on any atom is -0.307 e. The maximum atomic E-state index is 2.66. The molecule has 7 rings (SSSR count). The monoisotopic (exact) mass is 581 g/mol. The molecule has 4 aromatic carbocycles. The van der Waals surface area contributed by atoms with Gasteiger partial charge in [-0.25, -0.2) is 4.57 Å². The van der Waals surface area contributed by atoms with Crippen LogP contribution in [0.3, 0.4) is 0 Å². The summed E-state index contributed by atoms with van der Waals surface area (Å²) in [5, 5.41) is 9.71. The summed E-state index contributed by atoms with van der Waals surface area (Å²) in [4.78, 5) is 0. The van der Waals surface area contributed by atoms with Gasteiger partial charge in [-0.2, -0.15) is 0 Å². The van der Waals surface area contributed by atoms with Crippen molar-refractivity contribution in [2.75, 3.05) is 0 Å². The average Bonchev–Trinajstić information content (AvgIpc) is 3.24. The molecule has 0 aliphatic rings. The van der Waals surface area contributed by atoms with E-state index in [4.69, 9.17) is 0 Å². The van der Waals surface area contributed by atoms with Gasteiger partial charge in [-0.05, 0) is 81.3 Å². The van der Waals surface area contributed by atoms with Crippen molar-refractivity contribution in [2.45, 2.75) is 88.5 Å². The lowest BCUT2D eigenvalue weighted by molar-refractivity contribution is -0.644. The van der Waals surface area contributed by atoms with E-state index in [9.17, 15) is 0 Å². The van der Waals surface area contributed by atoms with Gasteiger partial charge in [0.05, 0.1) is 27.3 Å². The molecule has 3 aromatic heterocycles. The van der Waals surface area contributed by atoms with Crippen molar-refractivity contribution < 1.29 is 4.57 Å². The van der Waals surface area contributed by atoms with Gasteiger partial charge in [0.2, 0.25) is 5.52 Å². The summed E-state index contributed by atoms with van der Waals surface area (Å²) in [6.07, 6.45) is 5.55. The van der Waals surface area contributed by atoms with Crippen LogP contribution in [0.5, 0.6) is 0 Å². The van der Waals surface area contributed by atoms with Crippen LogP contribution in [0.15, 0.2) is 60.8 Å². The molecule has 0 aliphatic carbocycles. The Hall–Kier alpha value is -3.65. The van der Waals surface area contributed by atoms with E-state index in [1.165, 1.54) is 82.0 Å². The van der Waals surface area contributed by atoms with Gasteiger partial charge in [0.1, 0.15) is 7.05 Å². The number of aryl methyl sites for hydroxylation is 2. The first-order valence-corrected chi connectivity index (χ1v) is 16.5. The molecule has 2 nitrogen and oxygen atoms in total. The summed E-state index contributed by atoms with van der Waals surface area (Å²) in [6, 6.07) is 21.2. The number of fused-ring (bicyclic) bond motifs is 7. The average molecular weight is 582 g/mol. The fourth-order valence-corrected chi connectivity index (χ4v) is 8.08. The van der Waals surface area contributed by atoms with Gasteiger partial charge in [0.25, 0.3) is 0 Å². The highest BCUT2D eigenvalue weighted by Crippen LogP contribution is 2.46. The van der Waals surface area contributed by atoms with E-state index in [0.29, 0.717) is 0 Å². The summed E-state index contributed by atoms with van der Waals surface area (Å²) in [5.74, 6) is 0. The second-order valence-electron chi connectivity index (χ2n) is 17.3. The van der Waals surface area contributed by atoms with E-state index < -0.39 is 0 Å². The van der Waals surface area contributed by atoms with E-state index in [1.54, 1.807) is 0 Å². The number of hydrogen-bond donors (Lipinski definition) is 0. The molecule has 0 spiro atoms. The summed E-state index contributed by atoms with van der Waals surface area (Å²) < 4.78 is 5.12. The number of rotatable bonds is 3. The van der Waals surface area contributed by atoms with E-state index in [1.807, 2.05) is 0 Å². The van der Waals surface area contributed by atoms with Gasteiger partial charge in [0, 0.05) is 16.3 Å². The second kappa shape index (κ2) is 9.43. The first-order chi connectivity index (χ1) is 20.5. The fraction of sp³-hybridized carbons (Fsp3) is 0.405. The van der Waals surface area contributed by atoms with Gasteiger partial charge in [0.15, 0.2) is 6.20 Å². The second-order valence-corrected chi connectivity index (χ2v) is 17.3. The van der Waals surface area contributed by atoms with Crippen LogP contribution in [0.2, 0.25) is 0 Å². The van der Waals surface area contributed by atoms with Crippen molar-refractivity contribution in [1.82, 2.24) is 4.40 Å². The zero-order chi connectivity index (χ0) is 31.5. The highest BCUT2D eigenvalue weighted by atomic mass is 15.0. The Morgan fingerprint density at radius 3 is 1.93 bits per heavy atom. The standard InChI is InChI=1S/C42H49N2/c1-25-32-20-26(21-40(2,3)4)16-17-29(32)33(23-42(8,9)10)38-35(25)39-36-28(27(24-43(39)11)22-41(5,6)7)18-19-31-30-14-12-13-15-34(30)44(38)37(31)36/h12-20,24H,21-23H2,1-11H3/q+1. The predicted molar refractivity (Wildman–Crippen MR) is 192 cm³/mol. The Labute approximate surface area is 263 Å². The molecular formula is C42H49N2+. The highest BCUT2D eigenvalue weighted by molar-refractivity contribution is 6.29. The quantitative estimate of drug-likeness (QED) is 0.111. The van der Waals surface area contributed by atoms with Crippen molar-refractivity contribution in [1.29, 1.82) is 0 Å². The van der Waals surface area contributed by atoms with E-state index in [-0.39, 0.29) is 16.2 Å². The SMILES string of the molecule is Cc1c2cc(CC(C)(C)C)ccc2c(CC(C)(C)C)c2c1c1c3c(ccc4c5ccccc5n2c43)c(CC(C)(C)C)c[n+]1C. The molecule has 3 heterocycles. The smallest absolute Gasteiger partial charge is 0.224 e. The molecule has 226 valence electrons. The molecule has 0 atom stereocenters. The largest absolute Gasteiger partial charge is 0.307 e. The minimum atomic E-state index is 0.132. The number of nitrogens with zero attached hydrogens (tertiary/aromatic N) is 2. The topological polar surface area (TPSA) is 8.29 Å². The predicted octanol–water partition coefficient (Wildman–Crippen LogP) is 11.0. The summed E-state index contributed by atoms with van der Waals surface area (Å²) in [7, 11) is 2.28. The third-order valence-electron chi connectivity index (χ3n) is 9.46. The molecule has 2 heteroatoms. The molecule has 0 N–H and O–H groups in total. The van der Waals surface area contributed by atoms with E-state index >= 15 is 0 Å². The van der Waals surface area contributed by atoms with Crippen molar-refractivity contribution in [2.24, 2.45) is 23.3 Å². The van der Waals surface area contributed by atoms with Crippen molar-refractivity contribution >= 4 is 59.8 Å². The number of hydrogen-bond acceptors (Lipinski definition) is 0. The maximum absolute atomic E-state index is 2.66. The van der Waals surface area contributed by atoms with Crippen LogP contribution >= 0.6 is 0 Å².